The van der Waals surface area contributed by atoms with E-state index in [2.05, 4.69) is 20.5 Å². The molecule has 96 valence electrons. The van der Waals surface area contributed by atoms with Crippen LogP contribution in [0.4, 0.5) is 5.82 Å². The van der Waals surface area contributed by atoms with E-state index in [1.54, 1.807) is 23.1 Å². The Morgan fingerprint density at radius 1 is 1.26 bits per heavy atom. The minimum absolute atomic E-state index is 0.119. The normalized spacial score (nSPS) is 12.5. The van der Waals surface area contributed by atoms with Crippen molar-refractivity contribution in [3.05, 3.63) is 54.6 Å². The molecule has 0 radical (unpaired) electrons. The van der Waals surface area contributed by atoms with Crippen LogP contribution in [-0.2, 0) is 0 Å². The number of alkyl halides is 1. The van der Waals surface area contributed by atoms with E-state index >= 15 is 0 Å². The van der Waals surface area contributed by atoms with Gasteiger partial charge in [-0.05, 0) is 5.56 Å². The van der Waals surface area contributed by atoms with Crippen LogP contribution in [0.15, 0.2) is 49.1 Å². The molecule has 1 aromatic carbocycles. The summed E-state index contributed by atoms with van der Waals surface area (Å²) in [7, 11) is 0. The lowest BCUT2D eigenvalue weighted by Gasteiger charge is -2.11. The Morgan fingerprint density at radius 3 is 2.95 bits per heavy atom. The Kier molecular flexibility index (Phi) is 3.29. The van der Waals surface area contributed by atoms with Gasteiger partial charge in [0.05, 0.1) is 5.38 Å². The highest BCUT2D eigenvalue weighted by Gasteiger charge is 2.09. The van der Waals surface area contributed by atoms with Gasteiger partial charge in [-0.2, -0.15) is 0 Å². The predicted molar refractivity (Wildman–Crippen MR) is 74.3 cm³/mol. The van der Waals surface area contributed by atoms with Gasteiger partial charge in [-0.15, -0.1) is 21.8 Å². The van der Waals surface area contributed by atoms with Crippen molar-refractivity contribution in [2.24, 2.45) is 0 Å². The molecule has 1 atom stereocenters. The van der Waals surface area contributed by atoms with Gasteiger partial charge >= 0.3 is 0 Å². The summed E-state index contributed by atoms with van der Waals surface area (Å²) < 4.78 is 1.81. The molecular weight excluding hydrogens is 262 g/mol. The number of aromatic nitrogens is 4. The number of halogens is 1. The van der Waals surface area contributed by atoms with Crippen molar-refractivity contribution in [2.45, 2.75) is 5.38 Å². The van der Waals surface area contributed by atoms with Gasteiger partial charge in [-0.1, -0.05) is 30.3 Å². The average molecular weight is 274 g/mol. The summed E-state index contributed by atoms with van der Waals surface area (Å²) in [4.78, 5) is 4.25. The molecule has 0 saturated heterocycles. The molecule has 0 spiro atoms. The van der Waals surface area contributed by atoms with Crippen LogP contribution in [0.25, 0.3) is 5.65 Å². The molecule has 1 N–H and O–H groups in total. The van der Waals surface area contributed by atoms with Gasteiger partial charge < -0.3 is 5.32 Å². The number of hydrogen-bond acceptors (Lipinski definition) is 4. The average Bonchev–Trinajstić information content (AvgIpc) is 2.94. The lowest BCUT2D eigenvalue weighted by atomic mass is 10.1. The molecule has 6 heteroatoms. The van der Waals surface area contributed by atoms with Gasteiger partial charge in [0.15, 0.2) is 5.82 Å². The summed E-state index contributed by atoms with van der Waals surface area (Å²) in [5.74, 6) is 0.682. The summed E-state index contributed by atoms with van der Waals surface area (Å²) in [5.41, 5.74) is 1.77. The van der Waals surface area contributed by atoms with Crippen molar-refractivity contribution in [3.8, 4) is 0 Å². The molecule has 0 bridgehead atoms. The molecule has 19 heavy (non-hydrogen) atoms. The third-order valence-electron chi connectivity index (χ3n) is 2.83. The highest BCUT2D eigenvalue weighted by atomic mass is 35.5. The number of nitrogens with one attached hydrogen (secondary N) is 1. The maximum absolute atomic E-state index is 6.35. The van der Waals surface area contributed by atoms with Crippen molar-refractivity contribution < 1.29 is 0 Å². The minimum Gasteiger partial charge on any atom is -0.365 e. The van der Waals surface area contributed by atoms with E-state index in [1.165, 1.54) is 0 Å². The van der Waals surface area contributed by atoms with Gasteiger partial charge in [0.25, 0.3) is 0 Å². The molecular formula is C13H12ClN5. The van der Waals surface area contributed by atoms with Crippen LogP contribution in [0.3, 0.4) is 0 Å². The number of nitrogens with zero attached hydrogens (tertiary/aromatic N) is 4. The second-order valence-electron chi connectivity index (χ2n) is 4.10. The lowest BCUT2D eigenvalue weighted by Crippen LogP contribution is -2.10. The Balaban J connectivity index is 1.74. The van der Waals surface area contributed by atoms with Crippen molar-refractivity contribution >= 4 is 23.1 Å². The minimum atomic E-state index is -0.119. The zero-order chi connectivity index (χ0) is 13.1. The maximum Gasteiger partial charge on any atom is 0.203 e. The Morgan fingerprint density at radius 2 is 2.11 bits per heavy atom. The molecule has 3 aromatic rings. The van der Waals surface area contributed by atoms with Gasteiger partial charge in [0.2, 0.25) is 5.65 Å². The van der Waals surface area contributed by atoms with E-state index in [0.29, 0.717) is 18.0 Å². The summed E-state index contributed by atoms with van der Waals surface area (Å²) in [6, 6.07) is 9.93. The first-order chi connectivity index (χ1) is 9.34. The first kappa shape index (κ1) is 11.9. The topological polar surface area (TPSA) is 55.1 Å². The van der Waals surface area contributed by atoms with Crippen LogP contribution >= 0.6 is 11.6 Å². The molecule has 0 aliphatic rings. The van der Waals surface area contributed by atoms with E-state index in [4.69, 9.17) is 11.6 Å². The Bertz CT molecular complexity index is 667. The zero-order valence-electron chi connectivity index (χ0n) is 10.1. The lowest BCUT2D eigenvalue weighted by molar-refractivity contribution is 0.962. The first-order valence-electron chi connectivity index (χ1n) is 5.92. The van der Waals surface area contributed by atoms with E-state index in [0.717, 1.165) is 5.56 Å². The smallest absolute Gasteiger partial charge is 0.203 e. The molecule has 1 unspecified atom stereocenters. The molecule has 0 saturated carbocycles. The van der Waals surface area contributed by atoms with Crippen LogP contribution in [0, 0.1) is 0 Å². The molecule has 2 heterocycles. The van der Waals surface area contributed by atoms with Crippen LogP contribution < -0.4 is 5.32 Å². The number of anilines is 1. The number of fused-ring (bicyclic) bond motifs is 1. The number of rotatable bonds is 4. The quantitative estimate of drug-likeness (QED) is 0.742. The van der Waals surface area contributed by atoms with Crippen molar-refractivity contribution in [1.29, 1.82) is 0 Å². The second kappa shape index (κ2) is 5.24. The van der Waals surface area contributed by atoms with Gasteiger partial charge in [0.1, 0.15) is 6.33 Å². The van der Waals surface area contributed by atoms with Crippen LogP contribution in [-0.4, -0.2) is 26.1 Å². The van der Waals surface area contributed by atoms with Gasteiger partial charge in [0, 0.05) is 18.9 Å². The Hall–Kier alpha value is -2.14. The van der Waals surface area contributed by atoms with Crippen LogP contribution in [0.1, 0.15) is 10.9 Å². The molecule has 0 amide bonds. The fraction of sp³-hybridized carbons (Fsp3) is 0.154. The van der Waals surface area contributed by atoms with Gasteiger partial charge in [-0.3, -0.25) is 4.40 Å². The second-order valence-corrected chi connectivity index (χ2v) is 4.62. The third-order valence-corrected chi connectivity index (χ3v) is 3.23. The number of benzene rings is 1. The van der Waals surface area contributed by atoms with Crippen molar-refractivity contribution in [2.75, 3.05) is 11.9 Å². The fourth-order valence-corrected chi connectivity index (χ4v) is 2.07. The van der Waals surface area contributed by atoms with E-state index < -0.39 is 0 Å². The van der Waals surface area contributed by atoms with Gasteiger partial charge in [-0.25, -0.2) is 4.98 Å². The zero-order valence-corrected chi connectivity index (χ0v) is 10.8. The summed E-state index contributed by atoms with van der Waals surface area (Å²) in [6.45, 7) is 0.575. The number of hydrogen-bond donors (Lipinski definition) is 1. The summed E-state index contributed by atoms with van der Waals surface area (Å²) in [5, 5.41) is 10.9. The predicted octanol–water partition coefficient (Wildman–Crippen LogP) is 2.52. The molecule has 3 rings (SSSR count). The fourth-order valence-electron chi connectivity index (χ4n) is 1.85. The van der Waals surface area contributed by atoms with Crippen molar-refractivity contribution in [1.82, 2.24) is 19.6 Å². The summed E-state index contributed by atoms with van der Waals surface area (Å²) in [6.07, 6.45) is 5.14. The highest BCUT2D eigenvalue weighted by molar-refractivity contribution is 6.21. The summed E-state index contributed by atoms with van der Waals surface area (Å²) >= 11 is 6.35. The molecule has 0 aliphatic carbocycles. The largest absolute Gasteiger partial charge is 0.365 e. The SMILES string of the molecule is ClC(CNc1nccn2cnnc12)c1ccccc1. The molecule has 0 aliphatic heterocycles. The molecule has 0 fully saturated rings. The van der Waals surface area contributed by atoms with E-state index in [-0.39, 0.29) is 5.38 Å². The monoisotopic (exact) mass is 273 g/mol. The maximum atomic E-state index is 6.35. The van der Waals surface area contributed by atoms with Crippen LogP contribution in [0.5, 0.6) is 0 Å². The van der Waals surface area contributed by atoms with Crippen LogP contribution in [0.2, 0.25) is 0 Å². The first-order valence-corrected chi connectivity index (χ1v) is 6.35. The Labute approximate surface area is 115 Å². The third kappa shape index (κ3) is 2.51. The van der Waals surface area contributed by atoms with E-state index in [1.807, 2.05) is 30.3 Å². The molecule has 5 nitrogen and oxygen atoms in total. The highest BCUT2D eigenvalue weighted by Crippen LogP contribution is 2.21. The standard InChI is InChI=1S/C13H12ClN5/c14-11(10-4-2-1-3-5-10)8-16-12-13-18-17-9-19(13)7-6-15-12/h1-7,9,11H,8H2,(H,15,16). The van der Waals surface area contributed by atoms with E-state index in [9.17, 15) is 0 Å². The van der Waals surface area contributed by atoms with Crippen molar-refractivity contribution in [3.63, 3.8) is 0 Å². The molecule has 2 aromatic heterocycles.